The van der Waals surface area contributed by atoms with Gasteiger partial charge in [-0.3, -0.25) is 0 Å². The van der Waals surface area contributed by atoms with Crippen LogP contribution in [0.2, 0.25) is 0 Å². The third-order valence-corrected chi connectivity index (χ3v) is 3.20. The molecule has 1 aliphatic rings. The van der Waals surface area contributed by atoms with E-state index in [9.17, 15) is 0 Å². The third kappa shape index (κ3) is 3.53. The predicted octanol–water partition coefficient (Wildman–Crippen LogP) is 3.28. The Bertz CT molecular complexity index is 284. The standard InChI is InChI=1S/C12H21ClN2/c1-9-6-7-10(12(2,3)13)8-11(9)14-15(4)5/h6,10H,7-8H2,1-5H3. The number of rotatable bonds is 2. The molecular formula is C12H21ClN2. The number of hydrogen-bond acceptors (Lipinski definition) is 2. The summed E-state index contributed by atoms with van der Waals surface area (Å²) >= 11 is 6.36. The van der Waals surface area contributed by atoms with E-state index in [2.05, 4.69) is 31.9 Å². The van der Waals surface area contributed by atoms with Crippen LogP contribution < -0.4 is 0 Å². The van der Waals surface area contributed by atoms with Crippen molar-refractivity contribution in [2.24, 2.45) is 11.0 Å². The average molecular weight is 229 g/mol. The number of allylic oxidation sites excluding steroid dienone is 2. The summed E-state index contributed by atoms with van der Waals surface area (Å²) in [6.07, 6.45) is 4.30. The molecule has 0 spiro atoms. The molecule has 0 saturated carbocycles. The molecule has 2 nitrogen and oxygen atoms in total. The normalized spacial score (nSPS) is 25.3. The van der Waals surface area contributed by atoms with Crippen LogP contribution in [0.4, 0.5) is 0 Å². The van der Waals surface area contributed by atoms with Gasteiger partial charge in [0.05, 0.1) is 5.71 Å². The summed E-state index contributed by atoms with van der Waals surface area (Å²) in [7, 11) is 3.91. The molecule has 3 heteroatoms. The Morgan fingerprint density at radius 2 is 2.07 bits per heavy atom. The SMILES string of the molecule is CC1=CCC(C(C)(C)Cl)CC1=NN(C)C. The maximum absolute atomic E-state index is 6.36. The fraction of sp³-hybridized carbons (Fsp3) is 0.750. The Morgan fingerprint density at radius 3 is 2.53 bits per heavy atom. The molecule has 1 aliphatic carbocycles. The maximum Gasteiger partial charge on any atom is 0.0634 e. The van der Waals surface area contributed by atoms with Crippen LogP contribution in [-0.4, -0.2) is 29.7 Å². The van der Waals surface area contributed by atoms with Gasteiger partial charge in [0.25, 0.3) is 0 Å². The first-order chi connectivity index (χ1) is 6.80. The number of halogens is 1. The highest BCUT2D eigenvalue weighted by atomic mass is 35.5. The zero-order valence-electron chi connectivity index (χ0n) is 10.3. The Hall–Kier alpha value is -0.500. The van der Waals surface area contributed by atoms with E-state index in [0.29, 0.717) is 5.92 Å². The predicted molar refractivity (Wildman–Crippen MR) is 67.5 cm³/mol. The fourth-order valence-corrected chi connectivity index (χ4v) is 1.96. The van der Waals surface area contributed by atoms with Gasteiger partial charge in [-0.05, 0) is 45.1 Å². The molecule has 0 aromatic carbocycles. The molecule has 0 N–H and O–H groups in total. The van der Waals surface area contributed by atoms with Crippen LogP contribution in [0.1, 0.15) is 33.6 Å². The molecule has 1 atom stereocenters. The van der Waals surface area contributed by atoms with Gasteiger partial charge in [-0.1, -0.05) is 6.08 Å². The van der Waals surface area contributed by atoms with E-state index in [0.717, 1.165) is 12.8 Å². The first-order valence-corrected chi connectivity index (χ1v) is 5.79. The first kappa shape index (κ1) is 12.6. The van der Waals surface area contributed by atoms with Gasteiger partial charge >= 0.3 is 0 Å². The van der Waals surface area contributed by atoms with Crippen molar-refractivity contribution in [3.63, 3.8) is 0 Å². The van der Waals surface area contributed by atoms with E-state index in [1.165, 1.54) is 11.3 Å². The van der Waals surface area contributed by atoms with Crippen molar-refractivity contribution in [2.45, 2.75) is 38.5 Å². The van der Waals surface area contributed by atoms with Crippen molar-refractivity contribution in [1.29, 1.82) is 0 Å². The summed E-state index contributed by atoms with van der Waals surface area (Å²) < 4.78 is 0. The summed E-state index contributed by atoms with van der Waals surface area (Å²) in [5.41, 5.74) is 2.46. The van der Waals surface area contributed by atoms with Crippen LogP contribution in [0, 0.1) is 5.92 Å². The first-order valence-electron chi connectivity index (χ1n) is 5.41. The molecule has 0 bridgehead atoms. The van der Waals surface area contributed by atoms with Crippen molar-refractivity contribution >= 4 is 17.3 Å². The molecular weight excluding hydrogens is 208 g/mol. The number of alkyl halides is 1. The summed E-state index contributed by atoms with van der Waals surface area (Å²) in [5.74, 6) is 0.488. The van der Waals surface area contributed by atoms with Gasteiger partial charge in [-0.15, -0.1) is 11.6 Å². The Kier molecular flexibility index (Phi) is 3.82. The zero-order chi connectivity index (χ0) is 11.6. The van der Waals surface area contributed by atoms with E-state index in [1.54, 1.807) is 0 Å². The average Bonchev–Trinajstić information content (AvgIpc) is 2.06. The van der Waals surface area contributed by atoms with Gasteiger partial charge in [-0.25, -0.2) is 0 Å². The van der Waals surface area contributed by atoms with Crippen LogP contribution in [0.15, 0.2) is 16.8 Å². The van der Waals surface area contributed by atoms with Crippen molar-refractivity contribution < 1.29 is 0 Å². The smallest absolute Gasteiger partial charge is 0.0634 e. The van der Waals surface area contributed by atoms with Crippen molar-refractivity contribution in [3.05, 3.63) is 11.6 Å². The van der Waals surface area contributed by atoms with Gasteiger partial charge < -0.3 is 5.01 Å². The summed E-state index contributed by atoms with van der Waals surface area (Å²) in [6.45, 7) is 6.29. The van der Waals surface area contributed by atoms with Gasteiger partial charge in [-0.2, -0.15) is 5.10 Å². The molecule has 0 aliphatic heterocycles. The van der Waals surface area contributed by atoms with Crippen molar-refractivity contribution in [1.82, 2.24) is 5.01 Å². The molecule has 0 heterocycles. The number of hydrogen-bond donors (Lipinski definition) is 0. The monoisotopic (exact) mass is 228 g/mol. The van der Waals surface area contributed by atoms with Gasteiger partial charge in [0.15, 0.2) is 0 Å². The van der Waals surface area contributed by atoms with Crippen molar-refractivity contribution in [3.8, 4) is 0 Å². The molecule has 0 amide bonds. The van der Waals surface area contributed by atoms with Gasteiger partial charge in [0, 0.05) is 19.0 Å². The summed E-state index contributed by atoms with van der Waals surface area (Å²) in [5, 5.41) is 6.36. The Morgan fingerprint density at radius 1 is 1.47 bits per heavy atom. The number of nitrogens with zero attached hydrogens (tertiary/aromatic N) is 2. The van der Waals surface area contributed by atoms with Crippen LogP contribution in [0.3, 0.4) is 0 Å². The Balaban J connectivity index is 2.84. The lowest BCUT2D eigenvalue weighted by atomic mass is 9.81. The second-order valence-corrected chi connectivity index (χ2v) is 5.96. The summed E-state index contributed by atoms with van der Waals surface area (Å²) in [4.78, 5) is -0.149. The minimum absolute atomic E-state index is 0.149. The van der Waals surface area contributed by atoms with Crippen molar-refractivity contribution in [2.75, 3.05) is 14.1 Å². The highest BCUT2D eigenvalue weighted by Gasteiger charge is 2.30. The minimum Gasteiger partial charge on any atom is -0.303 e. The molecule has 0 fully saturated rings. The summed E-state index contributed by atoms with van der Waals surface area (Å²) in [6, 6.07) is 0. The van der Waals surface area contributed by atoms with E-state index >= 15 is 0 Å². The van der Waals surface area contributed by atoms with Crippen LogP contribution >= 0.6 is 11.6 Å². The second kappa shape index (κ2) is 4.56. The largest absolute Gasteiger partial charge is 0.303 e. The number of hydrazone groups is 1. The van der Waals surface area contributed by atoms with Crippen LogP contribution in [0.25, 0.3) is 0 Å². The molecule has 0 saturated heterocycles. The highest BCUT2D eigenvalue weighted by molar-refractivity contribution is 6.23. The van der Waals surface area contributed by atoms with E-state index < -0.39 is 0 Å². The molecule has 0 aromatic heterocycles. The van der Waals surface area contributed by atoms with E-state index in [1.807, 2.05) is 19.1 Å². The maximum atomic E-state index is 6.36. The molecule has 15 heavy (non-hydrogen) atoms. The molecule has 0 radical (unpaired) electrons. The van der Waals surface area contributed by atoms with Crippen LogP contribution in [0.5, 0.6) is 0 Å². The van der Waals surface area contributed by atoms with E-state index in [4.69, 9.17) is 11.6 Å². The lowest BCUT2D eigenvalue weighted by molar-refractivity contribution is 0.407. The van der Waals surface area contributed by atoms with Gasteiger partial charge in [0.1, 0.15) is 0 Å². The van der Waals surface area contributed by atoms with Gasteiger partial charge in [0.2, 0.25) is 0 Å². The molecule has 86 valence electrons. The Labute approximate surface area is 98.0 Å². The van der Waals surface area contributed by atoms with Crippen LogP contribution in [-0.2, 0) is 0 Å². The lowest BCUT2D eigenvalue weighted by Crippen LogP contribution is -2.30. The minimum atomic E-state index is -0.149. The zero-order valence-corrected chi connectivity index (χ0v) is 11.1. The highest BCUT2D eigenvalue weighted by Crippen LogP contribution is 2.34. The fourth-order valence-electron chi connectivity index (χ4n) is 1.80. The topological polar surface area (TPSA) is 15.6 Å². The quantitative estimate of drug-likeness (QED) is 0.523. The van der Waals surface area contributed by atoms with E-state index in [-0.39, 0.29) is 4.87 Å². The molecule has 1 unspecified atom stereocenters. The molecule has 1 rings (SSSR count). The second-order valence-electron chi connectivity index (χ2n) is 4.98. The lowest BCUT2D eigenvalue weighted by Gasteiger charge is -2.31. The third-order valence-electron chi connectivity index (χ3n) is 2.90. The molecule has 0 aromatic rings.